The third-order valence-electron chi connectivity index (χ3n) is 6.28. The Morgan fingerprint density at radius 3 is 1.75 bits per heavy atom. The summed E-state index contributed by atoms with van der Waals surface area (Å²) in [6.07, 6.45) is 17.3. The number of rotatable bonds is 17. The molecule has 0 aromatic rings. The fraction of sp³-hybridized carbons (Fsp3) is 0.958. The second-order valence-electron chi connectivity index (χ2n) is 9.94. The Balaban J connectivity index is 4.17. The molecule has 4 heteroatoms. The van der Waals surface area contributed by atoms with E-state index in [4.69, 9.17) is 4.43 Å². The average Bonchev–Trinajstić information content (AvgIpc) is 2.61. The molecule has 0 saturated heterocycles. The summed E-state index contributed by atoms with van der Waals surface area (Å²) >= 11 is 0. The zero-order valence-corrected chi connectivity index (χ0v) is 21.2. The van der Waals surface area contributed by atoms with Crippen molar-refractivity contribution in [1.82, 2.24) is 0 Å². The molecule has 0 aromatic heterocycles. The fourth-order valence-corrected chi connectivity index (χ4v) is 4.70. The molecule has 0 heterocycles. The molecule has 0 N–H and O–H groups in total. The minimum absolute atomic E-state index is 0.0791. The van der Waals surface area contributed by atoms with Crippen LogP contribution >= 0.6 is 0 Å². The Bertz CT molecular complexity index is 388. The second kappa shape index (κ2) is 15.5. The molecular formula is C24H50O3Si. The SMILES string of the molecule is CCCCCCCC(CCCCCCCCC(=O)OC)O[Si](C)(C)C(C)(C)C. The molecule has 28 heavy (non-hydrogen) atoms. The van der Waals surface area contributed by atoms with Crippen LogP contribution in [0.1, 0.15) is 118 Å². The van der Waals surface area contributed by atoms with Gasteiger partial charge in [-0.1, -0.05) is 91.9 Å². The van der Waals surface area contributed by atoms with Gasteiger partial charge in [0.25, 0.3) is 0 Å². The molecule has 0 aliphatic rings. The highest BCUT2D eigenvalue weighted by Gasteiger charge is 2.38. The van der Waals surface area contributed by atoms with Gasteiger partial charge in [0.05, 0.1) is 7.11 Å². The largest absolute Gasteiger partial charge is 0.469 e. The third kappa shape index (κ3) is 13.8. The maximum atomic E-state index is 11.1. The Kier molecular flexibility index (Phi) is 15.3. The molecule has 0 fully saturated rings. The first-order valence-corrected chi connectivity index (χ1v) is 14.8. The van der Waals surface area contributed by atoms with Gasteiger partial charge < -0.3 is 9.16 Å². The summed E-state index contributed by atoms with van der Waals surface area (Å²) in [7, 11) is -0.221. The van der Waals surface area contributed by atoms with Crippen molar-refractivity contribution in [2.24, 2.45) is 0 Å². The molecule has 0 aromatic carbocycles. The van der Waals surface area contributed by atoms with Crippen LogP contribution in [0.15, 0.2) is 0 Å². The summed E-state index contributed by atoms with van der Waals surface area (Å²) in [6, 6.07) is 0. The number of unbranched alkanes of at least 4 members (excludes halogenated alkanes) is 9. The quantitative estimate of drug-likeness (QED) is 0.137. The van der Waals surface area contributed by atoms with Crippen molar-refractivity contribution in [2.75, 3.05) is 7.11 Å². The fourth-order valence-electron chi connectivity index (χ4n) is 3.28. The molecule has 0 saturated carbocycles. The summed E-state index contributed by atoms with van der Waals surface area (Å²) < 4.78 is 11.5. The maximum Gasteiger partial charge on any atom is 0.305 e. The van der Waals surface area contributed by atoms with E-state index in [1.54, 1.807) is 0 Å². The number of methoxy groups -OCH3 is 1. The number of esters is 1. The molecule has 0 radical (unpaired) electrons. The van der Waals surface area contributed by atoms with E-state index in [-0.39, 0.29) is 11.0 Å². The zero-order valence-electron chi connectivity index (χ0n) is 20.2. The molecule has 0 aliphatic heterocycles. The van der Waals surface area contributed by atoms with Crippen LogP contribution in [0.5, 0.6) is 0 Å². The van der Waals surface area contributed by atoms with Crippen LogP contribution in [0.4, 0.5) is 0 Å². The molecular weight excluding hydrogens is 364 g/mol. The van der Waals surface area contributed by atoms with E-state index in [9.17, 15) is 4.79 Å². The van der Waals surface area contributed by atoms with Crippen molar-refractivity contribution < 1.29 is 14.0 Å². The lowest BCUT2D eigenvalue weighted by Gasteiger charge is -2.39. The van der Waals surface area contributed by atoms with E-state index in [2.05, 4.69) is 45.5 Å². The highest BCUT2D eigenvalue weighted by molar-refractivity contribution is 6.74. The predicted octanol–water partition coefficient (Wildman–Crippen LogP) is 8.03. The molecule has 1 atom stereocenters. The van der Waals surface area contributed by atoms with Crippen LogP contribution in [0.2, 0.25) is 18.1 Å². The van der Waals surface area contributed by atoms with Crippen molar-refractivity contribution in [3.8, 4) is 0 Å². The summed E-state index contributed by atoms with van der Waals surface area (Å²) in [5.41, 5.74) is 0. The Hall–Kier alpha value is -0.353. The maximum absolute atomic E-state index is 11.1. The number of carbonyl (C=O) groups is 1. The van der Waals surface area contributed by atoms with Crippen LogP contribution in [-0.2, 0) is 14.0 Å². The number of hydrogen-bond donors (Lipinski definition) is 0. The van der Waals surface area contributed by atoms with Gasteiger partial charge in [-0.15, -0.1) is 0 Å². The van der Waals surface area contributed by atoms with E-state index >= 15 is 0 Å². The highest BCUT2D eigenvalue weighted by Crippen LogP contribution is 2.38. The van der Waals surface area contributed by atoms with Gasteiger partial charge in [0.15, 0.2) is 8.32 Å². The minimum atomic E-state index is -1.69. The lowest BCUT2D eigenvalue weighted by Crippen LogP contribution is -2.44. The average molecular weight is 415 g/mol. The standard InChI is InChI=1S/C24H50O3Si/c1-8-9-10-13-16-19-22(27-28(6,7)24(2,3)4)20-17-14-11-12-15-18-21-23(25)26-5/h22H,8-21H2,1-7H3. The molecule has 168 valence electrons. The molecule has 0 rings (SSSR count). The molecule has 0 aliphatic carbocycles. The number of hydrogen-bond acceptors (Lipinski definition) is 3. The van der Waals surface area contributed by atoms with Gasteiger partial charge in [-0.3, -0.25) is 4.79 Å². The first kappa shape index (κ1) is 27.6. The summed E-state index contributed by atoms with van der Waals surface area (Å²) in [5.74, 6) is -0.0791. The van der Waals surface area contributed by atoms with Crippen molar-refractivity contribution >= 4 is 14.3 Å². The topological polar surface area (TPSA) is 35.5 Å². The van der Waals surface area contributed by atoms with Crippen LogP contribution < -0.4 is 0 Å². The second-order valence-corrected chi connectivity index (χ2v) is 14.7. The van der Waals surface area contributed by atoms with Gasteiger partial charge in [-0.25, -0.2) is 0 Å². The molecule has 0 spiro atoms. The monoisotopic (exact) mass is 414 g/mol. The summed E-state index contributed by atoms with van der Waals surface area (Å²) in [5, 5.41) is 0.285. The van der Waals surface area contributed by atoms with Gasteiger partial charge in [-0.2, -0.15) is 0 Å². The van der Waals surface area contributed by atoms with Crippen LogP contribution in [0.3, 0.4) is 0 Å². The van der Waals surface area contributed by atoms with Crippen LogP contribution in [-0.4, -0.2) is 27.5 Å². The van der Waals surface area contributed by atoms with Gasteiger partial charge in [0.2, 0.25) is 0 Å². The summed E-state index contributed by atoms with van der Waals surface area (Å²) in [4.78, 5) is 11.1. The number of carbonyl (C=O) groups excluding carboxylic acids is 1. The zero-order chi connectivity index (χ0) is 21.5. The molecule has 3 nitrogen and oxygen atoms in total. The first-order chi connectivity index (χ1) is 13.1. The van der Waals surface area contributed by atoms with Crippen molar-refractivity contribution in [3.63, 3.8) is 0 Å². The van der Waals surface area contributed by atoms with Crippen molar-refractivity contribution in [1.29, 1.82) is 0 Å². The van der Waals surface area contributed by atoms with Gasteiger partial charge in [-0.05, 0) is 37.4 Å². The molecule has 0 bridgehead atoms. The van der Waals surface area contributed by atoms with E-state index in [0.717, 1.165) is 12.8 Å². The summed E-state index contributed by atoms with van der Waals surface area (Å²) in [6.45, 7) is 14.1. The van der Waals surface area contributed by atoms with E-state index in [0.29, 0.717) is 12.5 Å². The van der Waals surface area contributed by atoms with E-state index in [1.165, 1.54) is 77.7 Å². The minimum Gasteiger partial charge on any atom is -0.469 e. The Morgan fingerprint density at radius 2 is 1.29 bits per heavy atom. The lowest BCUT2D eigenvalue weighted by atomic mass is 10.0. The Labute approximate surface area is 177 Å². The van der Waals surface area contributed by atoms with E-state index in [1.807, 2.05) is 0 Å². The molecule has 1 unspecified atom stereocenters. The van der Waals surface area contributed by atoms with Gasteiger partial charge in [0.1, 0.15) is 0 Å². The van der Waals surface area contributed by atoms with Gasteiger partial charge >= 0.3 is 5.97 Å². The number of ether oxygens (including phenoxy) is 1. The van der Waals surface area contributed by atoms with Crippen LogP contribution in [0.25, 0.3) is 0 Å². The predicted molar refractivity (Wildman–Crippen MR) is 124 cm³/mol. The Morgan fingerprint density at radius 1 is 0.821 bits per heavy atom. The third-order valence-corrected chi connectivity index (χ3v) is 10.8. The lowest BCUT2D eigenvalue weighted by molar-refractivity contribution is -0.140. The van der Waals surface area contributed by atoms with Crippen molar-refractivity contribution in [3.05, 3.63) is 0 Å². The van der Waals surface area contributed by atoms with Gasteiger partial charge in [0, 0.05) is 12.5 Å². The molecule has 0 amide bonds. The first-order valence-electron chi connectivity index (χ1n) is 11.9. The highest BCUT2D eigenvalue weighted by atomic mass is 28.4. The van der Waals surface area contributed by atoms with E-state index < -0.39 is 8.32 Å². The normalized spacial score (nSPS) is 13.5. The van der Waals surface area contributed by atoms with Crippen molar-refractivity contribution in [2.45, 2.75) is 142 Å². The smallest absolute Gasteiger partial charge is 0.305 e. The van der Waals surface area contributed by atoms with Crippen LogP contribution in [0, 0.1) is 0 Å².